The van der Waals surface area contributed by atoms with Crippen LogP contribution in [0.2, 0.25) is 0 Å². The van der Waals surface area contributed by atoms with Crippen molar-refractivity contribution in [2.45, 2.75) is 6.10 Å². The van der Waals surface area contributed by atoms with Crippen molar-refractivity contribution in [3.8, 4) is 11.5 Å². The Balaban J connectivity index is 2.42. The number of methoxy groups -OCH3 is 2. The summed E-state index contributed by atoms with van der Waals surface area (Å²) >= 11 is 3.33. The zero-order chi connectivity index (χ0) is 15.6. The van der Waals surface area contributed by atoms with Crippen molar-refractivity contribution in [1.29, 1.82) is 0 Å². The number of halogens is 1. The summed E-state index contributed by atoms with van der Waals surface area (Å²) in [4.78, 5) is 10.8. The molecule has 0 aliphatic heterocycles. The minimum atomic E-state index is -1.19. The quantitative estimate of drug-likeness (QED) is 0.856. The van der Waals surface area contributed by atoms with Gasteiger partial charge in [0.15, 0.2) is 11.5 Å². The van der Waals surface area contributed by atoms with Crippen molar-refractivity contribution in [2.75, 3.05) is 14.2 Å². The van der Waals surface area contributed by atoms with Gasteiger partial charge in [-0.05, 0) is 24.3 Å². The fourth-order valence-corrected chi connectivity index (χ4v) is 2.39. The Morgan fingerprint density at radius 2 is 1.86 bits per heavy atom. The van der Waals surface area contributed by atoms with Crippen molar-refractivity contribution < 1.29 is 28.9 Å². The molecule has 1 atom stereocenters. The van der Waals surface area contributed by atoms with Crippen molar-refractivity contribution in [3.63, 3.8) is 0 Å². The van der Waals surface area contributed by atoms with Crippen LogP contribution in [0.3, 0.4) is 0 Å². The van der Waals surface area contributed by atoms with Gasteiger partial charge in [-0.1, -0.05) is 15.9 Å². The number of carboxylic acid groups (broad SMARTS) is 1. The third kappa shape index (κ3) is 3.03. The van der Waals surface area contributed by atoms with Gasteiger partial charge in [-0.2, -0.15) is 0 Å². The number of hydrogen-bond donors (Lipinski definition) is 2. The number of ether oxygens (including phenoxy) is 2. The Kier molecular flexibility index (Phi) is 4.54. The normalized spacial score (nSPS) is 12.0. The van der Waals surface area contributed by atoms with Gasteiger partial charge in [0.25, 0.3) is 0 Å². The predicted molar refractivity (Wildman–Crippen MR) is 77.0 cm³/mol. The summed E-state index contributed by atoms with van der Waals surface area (Å²) < 4.78 is 16.0. The highest BCUT2D eigenvalue weighted by molar-refractivity contribution is 9.10. The highest BCUT2D eigenvalue weighted by Crippen LogP contribution is 2.38. The van der Waals surface area contributed by atoms with E-state index in [4.69, 9.17) is 19.0 Å². The van der Waals surface area contributed by atoms with Crippen molar-refractivity contribution >= 4 is 21.9 Å². The van der Waals surface area contributed by atoms with E-state index in [1.165, 1.54) is 26.4 Å². The molecule has 1 unspecified atom stereocenters. The molecule has 2 aromatic rings. The molecule has 2 N–H and O–H groups in total. The molecule has 1 aromatic heterocycles. The number of carboxylic acids is 1. The van der Waals surface area contributed by atoms with Crippen LogP contribution in [0, 0.1) is 0 Å². The maximum absolute atomic E-state index is 10.8. The van der Waals surface area contributed by atoms with Crippen molar-refractivity contribution in [2.24, 2.45) is 0 Å². The summed E-state index contributed by atoms with van der Waals surface area (Å²) in [6.45, 7) is 0. The molecule has 1 heterocycles. The van der Waals surface area contributed by atoms with Crippen LogP contribution in [0.25, 0.3) is 0 Å². The Morgan fingerprint density at radius 1 is 1.24 bits per heavy atom. The van der Waals surface area contributed by atoms with Gasteiger partial charge >= 0.3 is 5.97 Å². The maximum atomic E-state index is 10.8. The van der Waals surface area contributed by atoms with Gasteiger partial charge in [0, 0.05) is 10.0 Å². The summed E-state index contributed by atoms with van der Waals surface area (Å²) in [5.74, 6) is -0.355. The third-order valence-corrected chi connectivity index (χ3v) is 3.59. The number of carbonyl (C=O) groups is 1. The SMILES string of the molecule is COc1cc(Br)c(C(O)c2ccc(C(=O)O)o2)cc1OC. The molecule has 0 bridgehead atoms. The molecule has 112 valence electrons. The first-order valence-electron chi connectivity index (χ1n) is 5.90. The molecule has 0 saturated carbocycles. The second-order valence-corrected chi connectivity index (χ2v) is 4.99. The number of benzene rings is 1. The molecule has 21 heavy (non-hydrogen) atoms. The second kappa shape index (κ2) is 6.19. The van der Waals surface area contributed by atoms with Crippen LogP contribution in [0.5, 0.6) is 11.5 Å². The number of furan rings is 1. The van der Waals surface area contributed by atoms with E-state index in [1.54, 1.807) is 12.1 Å². The average molecular weight is 357 g/mol. The minimum absolute atomic E-state index is 0.125. The largest absolute Gasteiger partial charge is 0.493 e. The molecule has 6 nitrogen and oxygen atoms in total. The topological polar surface area (TPSA) is 89.1 Å². The zero-order valence-electron chi connectivity index (χ0n) is 11.3. The fourth-order valence-electron chi connectivity index (χ4n) is 1.85. The average Bonchev–Trinajstić information content (AvgIpc) is 2.96. The van der Waals surface area contributed by atoms with Crippen molar-refractivity contribution in [3.05, 3.63) is 45.8 Å². The number of aromatic carboxylic acids is 1. The van der Waals surface area contributed by atoms with Crippen LogP contribution < -0.4 is 9.47 Å². The van der Waals surface area contributed by atoms with E-state index in [2.05, 4.69) is 15.9 Å². The summed E-state index contributed by atoms with van der Waals surface area (Å²) in [5.41, 5.74) is 0.471. The Bertz CT molecular complexity index is 663. The van der Waals surface area contributed by atoms with Gasteiger partial charge in [0.2, 0.25) is 5.76 Å². The van der Waals surface area contributed by atoms with E-state index < -0.39 is 12.1 Å². The van der Waals surface area contributed by atoms with E-state index in [0.29, 0.717) is 21.5 Å². The van der Waals surface area contributed by atoms with Gasteiger partial charge < -0.3 is 24.1 Å². The predicted octanol–water partition coefficient (Wildman–Crippen LogP) is 2.84. The molecule has 0 amide bonds. The number of rotatable bonds is 5. The molecule has 0 radical (unpaired) electrons. The fraction of sp³-hybridized carbons (Fsp3) is 0.214. The lowest BCUT2D eigenvalue weighted by atomic mass is 10.1. The standard InChI is InChI=1S/C14H13BrO6/c1-19-11-5-7(8(15)6-12(11)20-2)13(16)9-3-4-10(21-9)14(17)18/h3-6,13,16H,1-2H3,(H,17,18). The van der Waals surface area contributed by atoms with Gasteiger partial charge in [0.1, 0.15) is 11.9 Å². The lowest BCUT2D eigenvalue weighted by Gasteiger charge is -2.14. The Hall–Kier alpha value is -1.99. The molecular weight excluding hydrogens is 344 g/mol. The zero-order valence-corrected chi connectivity index (χ0v) is 12.9. The molecule has 0 spiro atoms. The lowest BCUT2D eigenvalue weighted by Crippen LogP contribution is -2.02. The number of hydrogen-bond acceptors (Lipinski definition) is 5. The molecule has 7 heteroatoms. The van der Waals surface area contributed by atoms with Crippen LogP contribution in [0.1, 0.15) is 28.0 Å². The Labute approximate surface area is 129 Å². The molecule has 2 rings (SSSR count). The molecule has 0 aliphatic rings. The van der Waals surface area contributed by atoms with Gasteiger partial charge in [-0.15, -0.1) is 0 Å². The first-order valence-corrected chi connectivity index (χ1v) is 6.69. The van der Waals surface area contributed by atoms with Gasteiger partial charge in [-0.25, -0.2) is 4.79 Å². The van der Waals surface area contributed by atoms with E-state index in [9.17, 15) is 9.90 Å². The molecule has 0 aliphatic carbocycles. The molecular formula is C14H13BrO6. The molecule has 0 saturated heterocycles. The Morgan fingerprint density at radius 3 is 2.38 bits per heavy atom. The minimum Gasteiger partial charge on any atom is -0.493 e. The highest BCUT2D eigenvalue weighted by atomic mass is 79.9. The van der Waals surface area contributed by atoms with E-state index >= 15 is 0 Å². The van der Waals surface area contributed by atoms with Crippen LogP contribution in [0.4, 0.5) is 0 Å². The summed E-state index contributed by atoms with van der Waals surface area (Å²) in [6, 6.07) is 5.95. The summed E-state index contributed by atoms with van der Waals surface area (Å²) in [5, 5.41) is 19.2. The maximum Gasteiger partial charge on any atom is 0.371 e. The first-order chi connectivity index (χ1) is 9.97. The third-order valence-electron chi connectivity index (χ3n) is 2.90. The van der Waals surface area contributed by atoms with E-state index in [-0.39, 0.29) is 11.5 Å². The highest BCUT2D eigenvalue weighted by Gasteiger charge is 2.21. The number of aliphatic hydroxyl groups excluding tert-OH is 1. The van der Waals surface area contributed by atoms with E-state index in [0.717, 1.165) is 0 Å². The lowest BCUT2D eigenvalue weighted by molar-refractivity contribution is 0.0655. The van der Waals surface area contributed by atoms with Gasteiger partial charge in [-0.3, -0.25) is 0 Å². The van der Waals surface area contributed by atoms with Crippen molar-refractivity contribution in [1.82, 2.24) is 0 Å². The molecule has 1 aromatic carbocycles. The van der Waals surface area contributed by atoms with E-state index in [1.807, 2.05) is 0 Å². The first kappa shape index (κ1) is 15.4. The van der Waals surface area contributed by atoms with Crippen LogP contribution in [-0.4, -0.2) is 30.4 Å². The smallest absolute Gasteiger partial charge is 0.371 e. The van der Waals surface area contributed by atoms with Crippen LogP contribution in [-0.2, 0) is 0 Å². The molecule has 0 fully saturated rings. The summed E-state index contributed by atoms with van der Waals surface area (Å²) in [6.07, 6.45) is -1.13. The van der Waals surface area contributed by atoms with Crippen LogP contribution in [0.15, 0.2) is 33.2 Å². The summed E-state index contributed by atoms with van der Waals surface area (Å²) in [7, 11) is 2.99. The monoisotopic (exact) mass is 356 g/mol. The van der Waals surface area contributed by atoms with Crippen LogP contribution >= 0.6 is 15.9 Å². The second-order valence-electron chi connectivity index (χ2n) is 4.14. The van der Waals surface area contributed by atoms with Gasteiger partial charge in [0.05, 0.1) is 14.2 Å². The number of aliphatic hydroxyl groups is 1.